The van der Waals surface area contributed by atoms with E-state index >= 15 is 0 Å². The SMILES string of the molecule is O=C1C(=O)C2CC1SC2=O. The molecule has 0 aromatic rings. The Bertz CT molecular complexity index is 245. The highest BCUT2D eigenvalue weighted by Gasteiger charge is 2.52. The van der Waals surface area contributed by atoms with Crippen LogP contribution in [0.3, 0.4) is 0 Å². The molecule has 0 aromatic carbocycles. The van der Waals surface area contributed by atoms with Gasteiger partial charge in [0.25, 0.3) is 0 Å². The van der Waals surface area contributed by atoms with Gasteiger partial charge in [0.15, 0.2) is 0 Å². The lowest BCUT2D eigenvalue weighted by Gasteiger charge is -2.02. The van der Waals surface area contributed by atoms with Crippen LogP contribution in [0.25, 0.3) is 0 Å². The van der Waals surface area contributed by atoms with Crippen molar-refractivity contribution in [1.82, 2.24) is 0 Å². The summed E-state index contributed by atoms with van der Waals surface area (Å²) in [6.07, 6.45) is 0.459. The Kier molecular flexibility index (Phi) is 1.03. The minimum absolute atomic E-state index is 0.116. The summed E-state index contributed by atoms with van der Waals surface area (Å²) in [7, 11) is 0. The van der Waals surface area contributed by atoms with Gasteiger partial charge in [-0.2, -0.15) is 0 Å². The van der Waals surface area contributed by atoms with Gasteiger partial charge in [-0.05, 0) is 6.42 Å². The zero-order valence-corrected chi connectivity index (χ0v) is 5.81. The van der Waals surface area contributed by atoms with E-state index in [0.717, 1.165) is 11.8 Å². The monoisotopic (exact) mass is 156 g/mol. The van der Waals surface area contributed by atoms with Crippen LogP contribution in [0.2, 0.25) is 0 Å². The third-order valence-corrected chi connectivity index (χ3v) is 3.05. The Hall–Kier alpha value is -0.640. The quantitative estimate of drug-likeness (QED) is 0.359. The highest BCUT2D eigenvalue weighted by atomic mass is 32.2. The van der Waals surface area contributed by atoms with Crippen molar-refractivity contribution < 1.29 is 14.4 Å². The van der Waals surface area contributed by atoms with E-state index < -0.39 is 11.7 Å². The van der Waals surface area contributed by atoms with Gasteiger partial charge in [0.1, 0.15) is 0 Å². The number of fused-ring (bicyclic) bond motifs is 2. The van der Waals surface area contributed by atoms with Crippen molar-refractivity contribution >= 4 is 28.4 Å². The maximum absolute atomic E-state index is 10.8. The first-order valence-electron chi connectivity index (χ1n) is 2.98. The minimum Gasteiger partial charge on any atom is -0.290 e. The number of thioether (sulfide) groups is 1. The van der Waals surface area contributed by atoms with Crippen molar-refractivity contribution in [3.05, 3.63) is 0 Å². The summed E-state index contributed by atoms with van der Waals surface area (Å²) in [6, 6.07) is 0. The third kappa shape index (κ3) is 0.546. The molecule has 0 N–H and O–H groups in total. The largest absolute Gasteiger partial charge is 0.290 e. The molecule has 0 spiro atoms. The fraction of sp³-hybridized carbons (Fsp3) is 0.500. The van der Waals surface area contributed by atoms with Crippen LogP contribution in [0, 0.1) is 5.92 Å². The van der Waals surface area contributed by atoms with Gasteiger partial charge in [-0.1, -0.05) is 11.8 Å². The predicted octanol–water partition coefficient (Wildman–Crippen LogP) is -0.214. The molecular weight excluding hydrogens is 152 g/mol. The Morgan fingerprint density at radius 2 is 1.90 bits per heavy atom. The van der Waals surface area contributed by atoms with E-state index in [9.17, 15) is 14.4 Å². The van der Waals surface area contributed by atoms with Crippen molar-refractivity contribution in [2.75, 3.05) is 0 Å². The standard InChI is InChI=1S/C6H4O3S/c7-4-2-1-3(5(4)8)10-6(2)9/h2-3H,1H2. The molecule has 1 aliphatic heterocycles. The van der Waals surface area contributed by atoms with E-state index in [4.69, 9.17) is 0 Å². The van der Waals surface area contributed by atoms with E-state index in [0.29, 0.717) is 6.42 Å². The van der Waals surface area contributed by atoms with E-state index in [-0.39, 0.29) is 16.1 Å². The normalized spacial score (nSPS) is 37.8. The van der Waals surface area contributed by atoms with Gasteiger partial charge in [-0.3, -0.25) is 14.4 Å². The van der Waals surface area contributed by atoms with Crippen LogP contribution in [-0.2, 0) is 14.4 Å². The van der Waals surface area contributed by atoms with E-state index in [1.54, 1.807) is 0 Å². The molecule has 4 heteroatoms. The van der Waals surface area contributed by atoms with Gasteiger partial charge in [-0.25, -0.2) is 0 Å². The van der Waals surface area contributed by atoms with Crippen molar-refractivity contribution in [3.63, 3.8) is 0 Å². The second kappa shape index (κ2) is 1.69. The van der Waals surface area contributed by atoms with Crippen molar-refractivity contribution in [2.24, 2.45) is 5.92 Å². The van der Waals surface area contributed by atoms with Gasteiger partial charge >= 0.3 is 0 Å². The molecule has 1 aliphatic carbocycles. The van der Waals surface area contributed by atoms with Gasteiger partial charge in [-0.15, -0.1) is 0 Å². The second-order valence-electron chi connectivity index (χ2n) is 2.44. The molecular formula is C6H4O3S. The fourth-order valence-electron chi connectivity index (χ4n) is 1.29. The maximum Gasteiger partial charge on any atom is 0.212 e. The number of hydrogen-bond acceptors (Lipinski definition) is 4. The predicted molar refractivity (Wildman–Crippen MR) is 34.5 cm³/mol. The summed E-state index contributed by atoms with van der Waals surface area (Å²) in [5, 5.41) is -0.445. The molecule has 3 nitrogen and oxygen atoms in total. The molecule has 0 aromatic heterocycles. The number of carbonyl (C=O) groups excluding carboxylic acids is 3. The van der Waals surface area contributed by atoms with E-state index in [2.05, 4.69) is 0 Å². The van der Waals surface area contributed by atoms with Crippen LogP contribution in [0.15, 0.2) is 0 Å². The molecule has 52 valence electrons. The molecule has 2 unspecified atom stereocenters. The molecule has 1 saturated carbocycles. The van der Waals surface area contributed by atoms with Gasteiger partial charge in [0.05, 0.1) is 11.2 Å². The smallest absolute Gasteiger partial charge is 0.212 e. The molecule has 0 amide bonds. The molecule has 2 fully saturated rings. The topological polar surface area (TPSA) is 51.2 Å². The van der Waals surface area contributed by atoms with Gasteiger partial charge in [0.2, 0.25) is 16.7 Å². The Balaban J connectivity index is 2.41. The van der Waals surface area contributed by atoms with Crippen molar-refractivity contribution in [3.8, 4) is 0 Å². The third-order valence-electron chi connectivity index (χ3n) is 1.84. The minimum atomic E-state index is -0.581. The number of rotatable bonds is 0. The lowest BCUT2D eigenvalue weighted by Crippen LogP contribution is -2.26. The van der Waals surface area contributed by atoms with Crippen molar-refractivity contribution in [2.45, 2.75) is 11.7 Å². The Labute approximate surface area is 61.2 Å². The average Bonchev–Trinajstić information content (AvgIpc) is 2.36. The number of Topliss-reactive ketones (excluding diaryl/α,β-unsaturated/α-hetero) is 2. The van der Waals surface area contributed by atoms with Crippen LogP contribution >= 0.6 is 11.8 Å². The summed E-state index contributed by atoms with van der Waals surface area (Å²) in [4.78, 5) is 32.4. The summed E-state index contributed by atoms with van der Waals surface area (Å²) < 4.78 is 0. The van der Waals surface area contributed by atoms with Crippen LogP contribution in [0.1, 0.15) is 6.42 Å². The van der Waals surface area contributed by atoms with Gasteiger partial charge in [0, 0.05) is 0 Å². The summed E-state index contributed by atoms with van der Waals surface area (Å²) in [5.41, 5.74) is 0. The van der Waals surface area contributed by atoms with Crippen LogP contribution in [0.5, 0.6) is 0 Å². The van der Waals surface area contributed by atoms with Crippen LogP contribution in [-0.4, -0.2) is 21.9 Å². The Morgan fingerprint density at radius 1 is 1.20 bits per heavy atom. The van der Waals surface area contributed by atoms with E-state index in [1.807, 2.05) is 0 Å². The first-order chi connectivity index (χ1) is 4.70. The first-order valence-corrected chi connectivity index (χ1v) is 3.86. The van der Waals surface area contributed by atoms with Crippen LogP contribution in [0.4, 0.5) is 0 Å². The summed E-state index contributed by atoms with van der Waals surface area (Å²) >= 11 is 1.02. The van der Waals surface area contributed by atoms with Crippen LogP contribution < -0.4 is 0 Å². The highest BCUT2D eigenvalue weighted by molar-refractivity contribution is 8.15. The molecule has 2 rings (SSSR count). The molecule has 1 heterocycles. The molecule has 10 heavy (non-hydrogen) atoms. The maximum atomic E-state index is 10.8. The number of ketones is 2. The fourth-order valence-corrected chi connectivity index (χ4v) is 2.45. The van der Waals surface area contributed by atoms with Crippen molar-refractivity contribution in [1.29, 1.82) is 0 Å². The molecule has 0 radical (unpaired) electrons. The molecule has 2 atom stereocenters. The lowest BCUT2D eigenvalue weighted by atomic mass is 10.1. The first kappa shape index (κ1) is 6.09. The zero-order valence-electron chi connectivity index (χ0n) is 4.99. The average molecular weight is 156 g/mol. The Morgan fingerprint density at radius 3 is 2.30 bits per heavy atom. The summed E-state index contributed by atoms with van der Waals surface area (Å²) in [5.74, 6) is -1.40. The lowest BCUT2D eigenvalue weighted by molar-refractivity contribution is -0.137. The van der Waals surface area contributed by atoms with Gasteiger partial charge < -0.3 is 0 Å². The highest BCUT2D eigenvalue weighted by Crippen LogP contribution is 2.40. The molecule has 1 saturated heterocycles. The molecule has 2 bridgehead atoms. The number of hydrogen-bond donors (Lipinski definition) is 0. The molecule has 2 aliphatic rings. The summed E-state index contributed by atoms with van der Waals surface area (Å²) in [6.45, 7) is 0. The second-order valence-corrected chi connectivity index (χ2v) is 3.65. The van der Waals surface area contributed by atoms with E-state index in [1.165, 1.54) is 0 Å². The zero-order chi connectivity index (χ0) is 7.30. The number of carbonyl (C=O) groups is 3.